The fourth-order valence-corrected chi connectivity index (χ4v) is 2.82. The van der Waals surface area contributed by atoms with Gasteiger partial charge in [-0.3, -0.25) is 9.59 Å². The number of aryl methyl sites for hydroxylation is 1. The third-order valence-corrected chi connectivity index (χ3v) is 4.36. The number of methoxy groups -OCH3 is 2. The van der Waals surface area contributed by atoms with Crippen LogP contribution in [0.3, 0.4) is 0 Å². The molecule has 3 aromatic rings. The Bertz CT molecular complexity index is 1150. The Labute approximate surface area is 172 Å². The summed E-state index contributed by atoms with van der Waals surface area (Å²) in [4.78, 5) is 36.4. The van der Waals surface area contributed by atoms with Gasteiger partial charge in [0.25, 0.3) is 5.91 Å². The zero-order chi connectivity index (χ0) is 21.7. The fourth-order valence-electron chi connectivity index (χ4n) is 2.82. The lowest BCUT2D eigenvalue weighted by Crippen LogP contribution is -2.28. The summed E-state index contributed by atoms with van der Waals surface area (Å²) in [6, 6.07) is 11.4. The van der Waals surface area contributed by atoms with Crippen molar-refractivity contribution in [2.24, 2.45) is 0 Å². The van der Waals surface area contributed by atoms with E-state index in [1.807, 2.05) is 6.92 Å². The van der Waals surface area contributed by atoms with Crippen LogP contribution < -0.4 is 20.2 Å². The lowest BCUT2D eigenvalue weighted by atomic mass is 10.1. The molecule has 0 saturated heterocycles. The molecule has 0 bridgehead atoms. The van der Waals surface area contributed by atoms with Crippen molar-refractivity contribution in [3.05, 3.63) is 69.6 Å². The van der Waals surface area contributed by atoms with Gasteiger partial charge < -0.3 is 23.9 Å². The maximum atomic E-state index is 12.2. The van der Waals surface area contributed by atoms with Gasteiger partial charge in [-0.05, 0) is 36.8 Å². The molecule has 0 aliphatic rings. The van der Waals surface area contributed by atoms with Crippen molar-refractivity contribution in [1.29, 1.82) is 0 Å². The van der Waals surface area contributed by atoms with Crippen LogP contribution in [0.25, 0.3) is 11.0 Å². The largest absolute Gasteiger partial charge is 0.493 e. The molecule has 8 nitrogen and oxygen atoms in total. The van der Waals surface area contributed by atoms with Crippen LogP contribution >= 0.6 is 0 Å². The molecule has 0 atom stereocenters. The van der Waals surface area contributed by atoms with Crippen LogP contribution in [0.1, 0.15) is 21.7 Å². The van der Waals surface area contributed by atoms with Gasteiger partial charge in [-0.2, -0.15) is 0 Å². The predicted molar refractivity (Wildman–Crippen MR) is 109 cm³/mol. The van der Waals surface area contributed by atoms with Gasteiger partial charge in [0.2, 0.25) is 5.76 Å². The van der Waals surface area contributed by atoms with Gasteiger partial charge in [-0.1, -0.05) is 17.7 Å². The van der Waals surface area contributed by atoms with Crippen molar-refractivity contribution in [3.63, 3.8) is 0 Å². The monoisotopic (exact) mass is 411 g/mol. The Kier molecular flexibility index (Phi) is 6.36. The molecule has 0 unspecified atom stereocenters. The Hall–Kier alpha value is -3.81. The van der Waals surface area contributed by atoms with Crippen LogP contribution in [0.4, 0.5) is 0 Å². The van der Waals surface area contributed by atoms with Crippen LogP contribution in [0.5, 0.6) is 11.5 Å². The summed E-state index contributed by atoms with van der Waals surface area (Å²) >= 11 is 0. The molecule has 1 N–H and O–H groups in total. The molecule has 0 fully saturated rings. The average Bonchev–Trinajstić information content (AvgIpc) is 2.76. The molecular weight excluding hydrogens is 390 g/mol. The van der Waals surface area contributed by atoms with Gasteiger partial charge in [0.15, 0.2) is 23.5 Å². The summed E-state index contributed by atoms with van der Waals surface area (Å²) in [5.41, 5.74) is 1.60. The summed E-state index contributed by atoms with van der Waals surface area (Å²) < 4.78 is 20.8. The van der Waals surface area contributed by atoms with Crippen LogP contribution in [-0.2, 0) is 16.1 Å². The molecule has 8 heteroatoms. The van der Waals surface area contributed by atoms with Gasteiger partial charge in [0.05, 0.1) is 19.6 Å². The van der Waals surface area contributed by atoms with E-state index in [0.29, 0.717) is 16.9 Å². The zero-order valence-electron chi connectivity index (χ0n) is 16.8. The van der Waals surface area contributed by atoms with E-state index in [2.05, 4.69) is 5.32 Å². The highest BCUT2D eigenvalue weighted by Crippen LogP contribution is 2.27. The summed E-state index contributed by atoms with van der Waals surface area (Å²) in [7, 11) is 3.05. The fraction of sp³-hybridized carbons (Fsp3) is 0.227. The molecule has 0 saturated carbocycles. The highest BCUT2D eigenvalue weighted by Gasteiger charge is 2.16. The first kappa shape index (κ1) is 20.9. The third kappa shape index (κ3) is 4.78. The number of ether oxygens (including phenoxy) is 3. The zero-order valence-corrected chi connectivity index (χ0v) is 16.8. The number of benzene rings is 2. The highest BCUT2D eigenvalue weighted by atomic mass is 16.5. The van der Waals surface area contributed by atoms with E-state index in [0.717, 1.165) is 17.2 Å². The maximum Gasteiger partial charge on any atom is 0.374 e. The van der Waals surface area contributed by atoms with Gasteiger partial charge in [-0.15, -0.1) is 0 Å². The van der Waals surface area contributed by atoms with Gasteiger partial charge in [-0.25, -0.2) is 4.79 Å². The second kappa shape index (κ2) is 9.13. The molecule has 3 rings (SSSR count). The van der Waals surface area contributed by atoms with Gasteiger partial charge in [0.1, 0.15) is 5.58 Å². The van der Waals surface area contributed by atoms with E-state index in [4.69, 9.17) is 18.6 Å². The lowest BCUT2D eigenvalue weighted by Gasteiger charge is -2.10. The van der Waals surface area contributed by atoms with E-state index >= 15 is 0 Å². The Morgan fingerprint density at radius 1 is 1.00 bits per heavy atom. The maximum absolute atomic E-state index is 12.2. The van der Waals surface area contributed by atoms with Crippen molar-refractivity contribution >= 4 is 22.8 Å². The summed E-state index contributed by atoms with van der Waals surface area (Å²) in [5.74, 6) is -0.539. The summed E-state index contributed by atoms with van der Waals surface area (Å²) in [5, 5.41) is 3.01. The van der Waals surface area contributed by atoms with Crippen LogP contribution in [0.15, 0.2) is 51.7 Å². The highest BCUT2D eigenvalue weighted by molar-refractivity contribution is 5.90. The van der Waals surface area contributed by atoms with Crippen molar-refractivity contribution in [1.82, 2.24) is 5.32 Å². The molecule has 2 aromatic carbocycles. The molecule has 0 aliphatic carbocycles. The van der Waals surface area contributed by atoms with Crippen molar-refractivity contribution in [3.8, 4) is 11.5 Å². The minimum absolute atomic E-state index is 0.209. The number of rotatable bonds is 7. The molecule has 1 amide bonds. The molecule has 0 radical (unpaired) electrons. The smallest absolute Gasteiger partial charge is 0.374 e. The topological polar surface area (TPSA) is 104 Å². The molecular formula is C22H21NO7. The van der Waals surface area contributed by atoms with E-state index in [1.165, 1.54) is 14.2 Å². The average molecular weight is 411 g/mol. The number of esters is 1. The first-order valence-electron chi connectivity index (χ1n) is 9.10. The van der Waals surface area contributed by atoms with E-state index < -0.39 is 18.5 Å². The van der Waals surface area contributed by atoms with Crippen LogP contribution in [0, 0.1) is 6.92 Å². The molecule has 0 aliphatic heterocycles. The predicted octanol–water partition coefficient (Wildman–Crippen LogP) is 2.59. The Morgan fingerprint density at radius 3 is 2.50 bits per heavy atom. The lowest BCUT2D eigenvalue weighted by molar-refractivity contribution is -0.124. The van der Waals surface area contributed by atoms with Crippen molar-refractivity contribution < 1.29 is 28.2 Å². The van der Waals surface area contributed by atoms with Crippen molar-refractivity contribution in [2.75, 3.05) is 20.8 Å². The van der Waals surface area contributed by atoms with Gasteiger partial charge in [0, 0.05) is 12.6 Å². The molecule has 1 heterocycles. The van der Waals surface area contributed by atoms with E-state index in [-0.39, 0.29) is 23.3 Å². The number of carbonyl (C=O) groups excluding carboxylic acids is 2. The molecule has 156 valence electrons. The number of amides is 1. The number of hydrogen-bond acceptors (Lipinski definition) is 7. The molecule has 30 heavy (non-hydrogen) atoms. The van der Waals surface area contributed by atoms with Gasteiger partial charge >= 0.3 is 5.97 Å². The summed E-state index contributed by atoms with van der Waals surface area (Å²) in [6.45, 7) is 1.55. The minimum atomic E-state index is -0.893. The summed E-state index contributed by atoms with van der Waals surface area (Å²) in [6.07, 6.45) is 0. The first-order chi connectivity index (χ1) is 14.4. The Balaban J connectivity index is 1.58. The van der Waals surface area contributed by atoms with E-state index in [1.54, 1.807) is 36.4 Å². The van der Waals surface area contributed by atoms with E-state index in [9.17, 15) is 14.4 Å². The SMILES string of the molecule is COc1ccc(CNC(=O)COC(=O)c2cc(=O)c3cc(C)ccc3o2)cc1OC. The van der Waals surface area contributed by atoms with Crippen molar-refractivity contribution in [2.45, 2.75) is 13.5 Å². The quantitative estimate of drug-likeness (QED) is 0.596. The molecule has 0 spiro atoms. The number of fused-ring (bicyclic) bond motifs is 1. The van der Waals surface area contributed by atoms with Crippen LogP contribution in [0.2, 0.25) is 0 Å². The second-order valence-electron chi connectivity index (χ2n) is 6.52. The normalized spacial score (nSPS) is 10.5. The molecule has 1 aromatic heterocycles. The Morgan fingerprint density at radius 2 is 1.77 bits per heavy atom. The third-order valence-electron chi connectivity index (χ3n) is 4.36. The number of nitrogens with one attached hydrogen (secondary N) is 1. The van der Waals surface area contributed by atoms with Crippen LogP contribution in [-0.4, -0.2) is 32.7 Å². The second-order valence-corrected chi connectivity index (χ2v) is 6.52. The standard InChI is InChI=1S/C22H21NO7/c1-13-4-6-17-15(8-13)16(24)10-20(30-17)22(26)29-12-21(25)23-11-14-5-7-18(27-2)19(9-14)28-3/h4-10H,11-12H2,1-3H3,(H,23,25). The minimum Gasteiger partial charge on any atom is -0.493 e. The number of hydrogen-bond donors (Lipinski definition) is 1. The first-order valence-corrected chi connectivity index (χ1v) is 9.10. The number of carbonyl (C=O) groups is 2.